The van der Waals surface area contributed by atoms with E-state index in [0.717, 1.165) is 6.07 Å². The number of aromatic hydroxyl groups is 1. The molecule has 5 nitrogen and oxygen atoms in total. The van der Waals surface area contributed by atoms with Crippen LogP contribution in [0, 0.1) is 0 Å². The number of nitrogens with zero attached hydrogens (tertiary/aromatic N) is 2. The third-order valence-corrected chi connectivity index (χ3v) is 2.16. The Morgan fingerprint density at radius 2 is 2.18 bits per heavy atom. The standard InChI is InChI=1S/C10H9F2N3O2/c11-9(12)5-1-2-6(7(16)3-5)10-14-8(4-13)17-15-10/h1-3,9,16H,4,13H2. The fourth-order valence-electron chi connectivity index (χ4n) is 1.32. The average Bonchev–Trinajstić information content (AvgIpc) is 2.77. The van der Waals surface area contributed by atoms with E-state index in [-0.39, 0.29) is 35.1 Å². The van der Waals surface area contributed by atoms with Crippen LogP contribution in [0.15, 0.2) is 22.7 Å². The van der Waals surface area contributed by atoms with E-state index in [1.807, 2.05) is 0 Å². The summed E-state index contributed by atoms with van der Waals surface area (Å²) in [6.45, 7) is 0.0723. The van der Waals surface area contributed by atoms with Crippen LogP contribution >= 0.6 is 0 Å². The molecule has 0 fully saturated rings. The molecule has 0 aliphatic heterocycles. The number of rotatable bonds is 3. The number of hydrogen-bond donors (Lipinski definition) is 2. The second-order valence-corrected chi connectivity index (χ2v) is 3.29. The largest absolute Gasteiger partial charge is 0.507 e. The molecule has 0 unspecified atom stereocenters. The maximum absolute atomic E-state index is 12.4. The minimum Gasteiger partial charge on any atom is -0.507 e. The minimum atomic E-state index is -2.64. The molecule has 90 valence electrons. The lowest BCUT2D eigenvalue weighted by molar-refractivity contribution is 0.151. The van der Waals surface area contributed by atoms with Gasteiger partial charge in [0.05, 0.1) is 12.1 Å². The molecule has 0 saturated carbocycles. The average molecular weight is 241 g/mol. The molecule has 0 saturated heterocycles. The van der Waals surface area contributed by atoms with Crippen LogP contribution in [0.3, 0.4) is 0 Å². The molecular formula is C10H9F2N3O2. The Morgan fingerprint density at radius 3 is 2.71 bits per heavy atom. The van der Waals surface area contributed by atoms with Crippen molar-refractivity contribution >= 4 is 0 Å². The molecule has 0 aliphatic carbocycles. The summed E-state index contributed by atoms with van der Waals surface area (Å²) in [5.41, 5.74) is 5.24. The van der Waals surface area contributed by atoms with Crippen LogP contribution in [0.5, 0.6) is 5.75 Å². The first-order chi connectivity index (χ1) is 8.11. The lowest BCUT2D eigenvalue weighted by Gasteiger charge is -2.03. The number of halogens is 2. The molecule has 17 heavy (non-hydrogen) atoms. The van der Waals surface area contributed by atoms with E-state index >= 15 is 0 Å². The summed E-state index contributed by atoms with van der Waals surface area (Å²) in [5, 5.41) is 13.2. The summed E-state index contributed by atoms with van der Waals surface area (Å²) in [6, 6.07) is 3.47. The van der Waals surface area contributed by atoms with Crippen molar-refractivity contribution in [2.75, 3.05) is 0 Å². The number of aromatic nitrogens is 2. The van der Waals surface area contributed by atoms with Crippen molar-refractivity contribution in [2.45, 2.75) is 13.0 Å². The van der Waals surface area contributed by atoms with Gasteiger partial charge >= 0.3 is 0 Å². The molecule has 0 radical (unpaired) electrons. The molecule has 1 aromatic heterocycles. The summed E-state index contributed by atoms with van der Waals surface area (Å²) in [6.07, 6.45) is -2.64. The topological polar surface area (TPSA) is 85.2 Å². The Kier molecular flexibility index (Phi) is 3.01. The number of benzene rings is 1. The molecule has 2 rings (SSSR count). The Bertz CT molecular complexity index is 528. The lowest BCUT2D eigenvalue weighted by Crippen LogP contribution is -1.95. The van der Waals surface area contributed by atoms with Crippen LogP contribution in [0.4, 0.5) is 8.78 Å². The van der Waals surface area contributed by atoms with Gasteiger partial charge in [0.2, 0.25) is 11.7 Å². The zero-order chi connectivity index (χ0) is 12.4. The quantitative estimate of drug-likeness (QED) is 0.856. The van der Waals surface area contributed by atoms with Gasteiger partial charge in [-0.2, -0.15) is 4.98 Å². The Morgan fingerprint density at radius 1 is 1.41 bits per heavy atom. The van der Waals surface area contributed by atoms with Gasteiger partial charge < -0.3 is 15.4 Å². The summed E-state index contributed by atoms with van der Waals surface area (Å²) >= 11 is 0. The van der Waals surface area contributed by atoms with E-state index in [2.05, 4.69) is 10.1 Å². The second-order valence-electron chi connectivity index (χ2n) is 3.29. The van der Waals surface area contributed by atoms with Crippen molar-refractivity contribution in [2.24, 2.45) is 5.73 Å². The summed E-state index contributed by atoms with van der Waals surface area (Å²) in [5.74, 6) is -0.00623. The van der Waals surface area contributed by atoms with Gasteiger partial charge in [-0.05, 0) is 12.1 Å². The number of hydrogen-bond acceptors (Lipinski definition) is 5. The van der Waals surface area contributed by atoms with Gasteiger partial charge in [0, 0.05) is 5.56 Å². The maximum Gasteiger partial charge on any atom is 0.263 e. The highest BCUT2D eigenvalue weighted by molar-refractivity contribution is 5.63. The first-order valence-corrected chi connectivity index (χ1v) is 4.76. The van der Waals surface area contributed by atoms with Crippen molar-refractivity contribution in [3.8, 4) is 17.1 Å². The van der Waals surface area contributed by atoms with Gasteiger partial charge in [-0.3, -0.25) is 0 Å². The van der Waals surface area contributed by atoms with Gasteiger partial charge in [-0.25, -0.2) is 8.78 Å². The summed E-state index contributed by atoms with van der Waals surface area (Å²) in [4.78, 5) is 3.88. The molecule has 0 spiro atoms. The smallest absolute Gasteiger partial charge is 0.263 e. The third kappa shape index (κ3) is 2.23. The van der Waals surface area contributed by atoms with Crippen molar-refractivity contribution in [1.82, 2.24) is 10.1 Å². The van der Waals surface area contributed by atoms with Gasteiger partial charge in [0.15, 0.2) is 0 Å². The van der Waals surface area contributed by atoms with Crippen molar-refractivity contribution in [3.05, 3.63) is 29.7 Å². The maximum atomic E-state index is 12.4. The zero-order valence-electron chi connectivity index (χ0n) is 8.60. The van der Waals surface area contributed by atoms with E-state index < -0.39 is 6.43 Å². The molecule has 1 heterocycles. The first kappa shape index (κ1) is 11.5. The highest BCUT2D eigenvalue weighted by atomic mass is 19.3. The third-order valence-electron chi connectivity index (χ3n) is 2.16. The number of nitrogens with two attached hydrogens (primary N) is 1. The molecule has 1 aromatic carbocycles. The van der Waals surface area contributed by atoms with Crippen LogP contribution in [0.2, 0.25) is 0 Å². The van der Waals surface area contributed by atoms with Crippen molar-refractivity contribution < 1.29 is 18.4 Å². The zero-order valence-corrected chi connectivity index (χ0v) is 8.60. The van der Waals surface area contributed by atoms with Crippen LogP contribution in [-0.4, -0.2) is 15.2 Å². The van der Waals surface area contributed by atoms with E-state index in [1.165, 1.54) is 12.1 Å². The van der Waals surface area contributed by atoms with Gasteiger partial charge in [0.25, 0.3) is 6.43 Å². The molecular weight excluding hydrogens is 232 g/mol. The normalized spacial score (nSPS) is 11.1. The van der Waals surface area contributed by atoms with E-state index in [4.69, 9.17) is 10.3 Å². The second kappa shape index (κ2) is 4.46. The van der Waals surface area contributed by atoms with Crippen LogP contribution in [0.1, 0.15) is 17.9 Å². The fourth-order valence-corrected chi connectivity index (χ4v) is 1.32. The van der Waals surface area contributed by atoms with Gasteiger partial charge in [-0.15, -0.1) is 0 Å². The molecule has 3 N–H and O–H groups in total. The molecule has 0 atom stereocenters. The van der Waals surface area contributed by atoms with Crippen LogP contribution in [0.25, 0.3) is 11.4 Å². The number of phenols is 1. The highest BCUT2D eigenvalue weighted by Gasteiger charge is 2.15. The Balaban J connectivity index is 2.39. The summed E-state index contributed by atoms with van der Waals surface area (Å²) in [7, 11) is 0. The Hall–Kier alpha value is -2.02. The fraction of sp³-hybridized carbons (Fsp3) is 0.200. The predicted octanol–water partition coefficient (Wildman–Crippen LogP) is 1.84. The molecule has 0 bridgehead atoms. The number of phenolic OH excluding ortho intramolecular Hbond substituents is 1. The monoisotopic (exact) mass is 241 g/mol. The number of alkyl halides is 2. The van der Waals surface area contributed by atoms with Crippen LogP contribution in [-0.2, 0) is 6.54 Å². The van der Waals surface area contributed by atoms with Crippen molar-refractivity contribution in [3.63, 3.8) is 0 Å². The summed E-state index contributed by atoms with van der Waals surface area (Å²) < 4.78 is 29.5. The first-order valence-electron chi connectivity index (χ1n) is 4.76. The molecule has 2 aromatic rings. The molecule has 0 amide bonds. The Labute approximate surface area is 94.9 Å². The van der Waals surface area contributed by atoms with E-state index in [0.29, 0.717) is 0 Å². The SMILES string of the molecule is NCc1nc(-c2ccc(C(F)F)cc2O)no1. The van der Waals surface area contributed by atoms with Gasteiger partial charge in [0.1, 0.15) is 5.75 Å². The van der Waals surface area contributed by atoms with E-state index in [1.54, 1.807) is 0 Å². The molecule has 0 aliphatic rings. The predicted molar refractivity (Wildman–Crippen MR) is 54.2 cm³/mol. The lowest BCUT2D eigenvalue weighted by atomic mass is 10.1. The van der Waals surface area contributed by atoms with Crippen molar-refractivity contribution in [1.29, 1.82) is 0 Å². The highest BCUT2D eigenvalue weighted by Crippen LogP contribution is 2.31. The molecule has 7 heteroatoms. The van der Waals surface area contributed by atoms with E-state index in [9.17, 15) is 13.9 Å². The van der Waals surface area contributed by atoms with Crippen LogP contribution < -0.4 is 5.73 Å². The van der Waals surface area contributed by atoms with Gasteiger partial charge in [-0.1, -0.05) is 11.2 Å². The minimum absolute atomic E-state index is 0.0723.